The molecule has 0 heterocycles. The third-order valence-electron chi connectivity index (χ3n) is 1.45. The van der Waals surface area contributed by atoms with E-state index in [4.69, 9.17) is 9.05 Å². The Hall–Kier alpha value is -0.783. The van der Waals surface area contributed by atoms with Crippen LogP contribution in [0.1, 0.15) is 27.7 Å². The van der Waals surface area contributed by atoms with Gasteiger partial charge >= 0.3 is 10.0 Å². The van der Waals surface area contributed by atoms with Gasteiger partial charge in [0.25, 0.3) is 0 Å². The number of hydroxylamine groups is 2. The van der Waals surface area contributed by atoms with Crippen LogP contribution in [0.25, 0.3) is 0 Å². The Morgan fingerprint density at radius 2 is 1.38 bits per heavy atom. The fourth-order valence-electron chi connectivity index (χ4n) is 0.434. The molecule has 0 aromatic heterocycles. The molecule has 0 aliphatic carbocycles. The number of hydrogen-bond donors (Lipinski definition) is 2. The number of allylic oxidation sites excluding steroid dienone is 4. The van der Waals surface area contributed by atoms with Crippen molar-refractivity contribution in [3.05, 3.63) is 23.5 Å². The van der Waals surface area contributed by atoms with Gasteiger partial charge in [0.05, 0.1) is 0 Å². The molecule has 0 aromatic carbocycles. The minimum Gasteiger partial charge on any atom is -0.294 e. The molecule has 0 bridgehead atoms. The first kappa shape index (κ1) is 12.2. The molecule has 0 saturated carbocycles. The van der Waals surface area contributed by atoms with Gasteiger partial charge < -0.3 is 0 Å². The second kappa shape index (κ2) is 7.84. The minimum atomic E-state index is -0.997. The quantitative estimate of drug-likeness (QED) is 0.381. The first-order chi connectivity index (χ1) is 6.20. The molecule has 0 rings (SSSR count). The Morgan fingerprint density at radius 3 is 1.69 bits per heavy atom. The fraction of sp³-hybridized carbons (Fsp3) is 0.500. The highest BCUT2D eigenvalue weighted by Crippen LogP contribution is 1.85. The third kappa shape index (κ3) is 7.57. The Bertz CT molecular complexity index is 173. The lowest BCUT2D eigenvalue weighted by molar-refractivity contribution is 0.135. The van der Waals surface area contributed by atoms with Crippen LogP contribution in [-0.2, 0) is 9.05 Å². The van der Waals surface area contributed by atoms with Crippen molar-refractivity contribution in [3.63, 3.8) is 0 Å². The first-order valence-electron chi connectivity index (χ1n) is 4.22. The topological polar surface area (TPSA) is 42.5 Å². The summed E-state index contributed by atoms with van der Waals surface area (Å²) in [7, 11) is -0.997. The average Bonchev–Trinajstić information content (AvgIpc) is 2.16. The molecule has 0 atom stereocenters. The lowest BCUT2D eigenvalue weighted by Gasteiger charge is -2.08. The molecule has 5 heteroatoms. The maximum Gasteiger partial charge on any atom is 0.362 e. The van der Waals surface area contributed by atoms with Crippen LogP contribution in [0, 0.1) is 0 Å². The summed E-state index contributed by atoms with van der Waals surface area (Å²) in [5, 5.41) is 0. The monoisotopic (exact) mass is 202 g/mol. The second-order valence-electron chi connectivity index (χ2n) is 2.55. The van der Waals surface area contributed by atoms with Crippen molar-refractivity contribution < 1.29 is 9.05 Å². The van der Waals surface area contributed by atoms with E-state index in [1.807, 2.05) is 39.8 Å². The highest BCUT2D eigenvalue weighted by Gasteiger charge is 1.89. The Kier molecular flexibility index (Phi) is 7.37. The van der Waals surface area contributed by atoms with Gasteiger partial charge in [-0.05, 0) is 27.7 Å². The van der Waals surface area contributed by atoms with Crippen LogP contribution in [0.3, 0.4) is 0 Å². The summed E-state index contributed by atoms with van der Waals surface area (Å²) in [5.74, 6) is 0. The van der Waals surface area contributed by atoms with Crippen LogP contribution < -0.4 is 11.0 Å². The van der Waals surface area contributed by atoms with Crippen molar-refractivity contribution in [1.82, 2.24) is 11.0 Å². The Labute approximate surface area is 82.0 Å². The highest BCUT2D eigenvalue weighted by atomic mass is 28.3. The standard InChI is InChI=1S/C8H18N2O2Si/c1-5-7(3)9-11-13-12-10-8(4)6-2/h5-6,9-10H,13H2,1-4H3. The fourth-order valence-corrected chi connectivity index (χ4v) is 1.07. The maximum atomic E-state index is 5.09. The first-order valence-corrected chi connectivity index (χ1v) is 5.37. The van der Waals surface area contributed by atoms with E-state index in [1.165, 1.54) is 0 Å². The van der Waals surface area contributed by atoms with Gasteiger partial charge in [-0.15, -0.1) is 0 Å². The average molecular weight is 202 g/mol. The van der Waals surface area contributed by atoms with Crippen LogP contribution in [0.2, 0.25) is 0 Å². The molecule has 0 aliphatic heterocycles. The van der Waals surface area contributed by atoms with E-state index < -0.39 is 10.0 Å². The minimum absolute atomic E-state index is 0.985. The summed E-state index contributed by atoms with van der Waals surface area (Å²) in [6.45, 7) is 7.74. The summed E-state index contributed by atoms with van der Waals surface area (Å²) in [4.78, 5) is 0. The van der Waals surface area contributed by atoms with Gasteiger partial charge in [0.15, 0.2) is 0 Å². The van der Waals surface area contributed by atoms with Crippen LogP contribution in [0.15, 0.2) is 23.5 Å². The molecule has 4 nitrogen and oxygen atoms in total. The zero-order valence-corrected chi connectivity index (χ0v) is 10.1. The normalized spacial score (nSPS) is 13.8. The smallest absolute Gasteiger partial charge is 0.294 e. The zero-order chi connectivity index (χ0) is 10.1. The second-order valence-corrected chi connectivity index (χ2v) is 3.37. The van der Waals surface area contributed by atoms with E-state index >= 15 is 0 Å². The summed E-state index contributed by atoms with van der Waals surface area (Å²) in [6.07, 6.45) is 3.86. The van der Waals surface area contributed by atoms with Crippen LogP contribution in [-0.4, -0.2) is 10.0 Å². The number of rotatable bonds is 6. The van der Waals surface area contributed by atoms with Crippen molar-refractivity contribution in [2.45, 2.75) is 27.7 Å². The summed E-state index contributed by atoms with van der Waals surface area (Å²) in [5.41, 5.74) is 7.49. The molecule has 0 fully saturated rings. The molecule has 0 radical (unpaired) electrons. The van der Waals surface area contributed by atoms with E-state index in [0.717, 1.165) is 11.4 Å². The van der Waals surface area contributed by atoms with Crippen LogP contribution >= 0.6 is 0 Å². The Balaban J connectivity index is 3.27. The van der Waals surface area contributed by atoms with Gasteiger partial charge in [-0.25, -0.2) is 0 Å². The largest absolute Gasteiger partial charge is 0.362 e. The van der Waals surface area contributed by atoms with E-state index in [9.17, 15) is 0 Å². The Morgan fingerprint density at radius 1 is 1.00 bits per heavy atom. The van der Waals surface area contributed by atoms with Crippen LogP contribution in [0.4, 0.5) is 0 Å². The molecule has 0 amide bonds. The molecule has 13 heavy (non-hydrogen) atoms. The van der Waals surface area contributed by atoms with E-state index in [2.05, 4.69) is 11.0 Å². The third-order valence-corrected chi connectivity index (χ3v) is 1.97. The number of hydrogen-bond acceptors (Lipinski definition) is 4. The van der Waals surface area contributed by atoms with Crippen LogP contribution in [0.5, 0.6) is 0 Å². The van der Waals surface area contributed by atoms with Gasteiger partial charge in [-0.3, -0.25) is 20.0 Å². The van der Waals surface area contributed by atoms with E-state index in [1.54, 1.807) is 0 Å². The summed E-state index contributed by atoms with van der Waals surface area (Å²) < 4.78 is 10.2. The van der Waals surface area contributed by atoms with Gasteiger partial charge in [-0.2, -0.15) is 0 Å². The SMILES string of the molecule is CC=C(C)NO[SiH2]ONC(C)=CC. The maximum absolute atomic E-state index is 5.09. The molecule has 76 valence electrons. The summed E-state index contributed by atoms with van der Waals surface area (Å²) in [6, 6.07) is 0. The predicted molar refractivity (Wildman–Crippen MR) is 55.8 cm³/mol. The van der Waals surface area contributed by atoms with Gasteiger partial charge in [0.1, 0.15) is 0 Å². The molecule has 0 aliphatic rings. The van der Waals surface area contributed by atoms with Crippen molar-refractivity contribution in [3.8, 4) is 0 Å². The zero-order valence-electron chi connectivity index (χ0n) is 8.68. The lowest BCUT2D eigenvalue weighted by Crippen LogP contribution is -2.23. The van der Waals surface area contributed by atoms with Crippen molar-refractivity contribution in [2.75, 3.05) is 0 Å². The van der Waals surface area contributed by atoms with Gasteiger partial charge in [0, 0.05) is 11.4 Å². The molecule has 0 unspecified atom stereocenters. The summed E-state index contributed by atoms with van der Waals surface area (Å²) >= 11 is 0. The molecule has 2 N–H and O–H groups in total. The lowest BCUT2D eigenvalue weighted by atomic mass is 10.5. The number of nitrogens with one attached hydrogen (secondary N) is 2. The van der Waals surface area contributed by atoms with Gasteiger partial charge in [-0.1, -0.05) is 12.2 Å². The molecular formula is C8H18N2O2Si. The van der Waals surface area contributed by atoms with Crippen molar-refractivity contribution in [1.29, 1.82) is 0 Å². The molecule has 0 spiro atoms. The highest BCUT2D eigenvalue weighted by molar-refractivity contribution is 6.17. The molecule has 0 saturated heterocycles. The van der Waals surface area contributed by atoms with Gasteiger partial charge in [0.2, 0.25) is 0 Å². The molecule has 0 aromatic rings. The predicted octanol–water partition coefficient (Wildman–Crippen LogP) is 0.875. The van der Waals surface area contributed by atoms with Crippen molar-refractivity contribution >= 4 is 10.0 Å². The molecular weight excluding hydrogens is 184 g/mol. The van der Waals surface area contributed by atoms with Crippen molar-refractivity contribution in [2.24, 2.45) is 0 Å². The van der Waals surface area contributed by atoms with E-state index in [0.29, 0.717) is 0 Å². The van der Waals surface area contributed by atoms with E-state index in [-0.39, 0.29) is 0 Å².